The molecule has 1 aliphatic rings. The number of hydrogen-bond donors (Lipinski definition) is 1. The Morgan fingerprint density at radius 3 is 2.76 bits per heavy atom. The number of aliphatic hydroxyl groups is 1. The normalized spacial score (nSPS) is 19.1. The van der Waals surface area contributed by atoms with Crippen LogP contribution in [0.3, 0.4) is 0 Å². The van der Waals surface area contributed by atoms with E-state index in [1.165, 1.54) is 12.1 Å². The van der Waals surface area contributed by atoms with E-state index in [9.17, 15) is 13.9 Å². The van der Waals surface area contributed by atoms with Crippen LogP contribution in [0.5, 0.6) is 0 Å². The summed E-state index contributed by atoms with van der Waals surface area (Å²) in [6.45, 7) is 6.94. The SMILES string of the molecule is CC(C)COC[C@@H](O)CN(Cc1ccc(F)cc1F)C[C@@H]1CCCO1. The lowest BCUT2D eigenvalue weighted by atomic mass is 10.1. The van der Waals surface area contributed by atoms with Crippen molar-refractivity contribution < 1.29 is 23.4 Å². The van der Waals surface area contributed by atoms with Gasteiger partial charge in [-0.1, -0.05) is 19.9 Å². The summed E-state index contributed by atoms with van der Waals surface area (Å²) < 4.78 is 38.2. The van der Waals surface area contributed by atoms with Crippen LogP contribution in [-0.2, 0) is 16.0 Å². The zero-order valence-corrected chi connectivity index (χ0v) is 15.1. The van der Waals surface area contributed by atoms with Crippen LogP contribution in [0.25, 0.3) is 0 Å². The third-order valence-electron chi connectivity index (χ3n) is 4.13. The molecule has 1 heterocycles. The van der Waals surface area contributed by atoms with Gasteiger partial charge in [0.25, 0.3) is 0 Å². The Hall–Kier alpha value is -1.08. The van der Waals surface area contributed by atoms with Crippen LogP contribution in [0.1, 0.15) is 32.3 Å². The molecular formula is C19H29F2NO3. The van der Waals surface area contributed by atoms with Crippen molar-refractivity contribution in [3.63, 3.8) is 0 Å². The first-order valence-corrected chi connectivity index (χ1v) is 8.97. The lowest BCUT2D eigenvalue weighted by Crippen LogP contribution is -2.39. The highest BCUT2D eigenvalue weighted by Crippen LogP contribution is 2.17. The van der Waals surface area contributed by atoms with E-state index in [0.717, 1.165) is 25.5 Å². The fourth-order valence-corrected chi connectivity index (χ4v) is 2.96. The van der Waals surface area contributed by atoms with Gasteiger partial charge < -0.3 is 14.6 Å². The first kappa shape index (κ1) is 20.2. The van der Waals surface area contributed by atoms with Gasteiger partial charge in [-0.25, -0.2) is 8.78 Å². The van der Waals surface area contributed by atoms with Crippen LogP contribution in [0.15, 0.2) is 18.2 Å². The monoisotopic (exact) mass is 357 g/mol. The van der Waals surface area contributed by atoms with E-state index in [1.54, 1.807) is 0 Å². The number of benzene rings is 1. The molecule has 0 spiro atoms. The molecule has 2 atom stereocenters. The molecule has 0 amide bonds. The molecule has 1 aromatic carbocycles. The van der Waals surface area contributed by atoms with E-state index >= 15 is 0 Å². The van der Waals surface area contributed by atoms with Gasteiger partial charge in [0.2, 0.25) is 0 Å². The Morgan fingerprint density at radius 1 is 1.32 bits per heavy atom. The summed E-state index contributed by atoms with van der Waals surface area (Å²) in [7, 11) is 0. The minimum atomic E-state index is -0.663. The molecule has 4 nitrogen and oxygen atoms in total. The summed E-state index contributed by atoms with van der Waals surface area (Å²) >= 11 is 0. The summed E-state index contributed by atoms with van der Waals surface area (Å²) in [6, 6.07) is 3.60. The number of hydrogen-bond acceptors (Lipinski definition) is 4. The van der Waals surface area contributed by atoms with Gasteiger partial charge in [0.15, 0.2) is 0 Å². The zero-order valence-electron chi connectivity index (χ0n) is 15.1. The average Bonchev–Trinajstić information content (AvgIpc) is 3.02. The van der Waals surface area contributed by atoms with E-state index in [-0.39, 0.29) is 12.7 Å². The molecule has 1 saturated heterocycles. The van der Waals surface area contributed by atoms with Crippen LogP contribution in [0.4, 0.5) is 8.78 Å². The number of aliphatic hydroxyl groups excluding tert-OH is 1. The minimum Gasteiger partial charge on any atom is -0.389 e. The first-order valence-electron chi connectivity index (χ1n) is 8.97. The Balaban J connectivity index is 1.94. The van der Waals surface area contributed by atoms with Crippen molar-refractivity contribution in [2.75, 3.05) is 32.9 Å². The molecule has 6 heteroatoms. The van der Waals surface area contributed by atoms with Gasteiger partial charge in [-0.05, 0) is 24.8 Å². The molecule has 0 aromatic heterocycles. The minimum absolute atomic E-state index is 0.0901. The average molecular weight is 357 g/mol. The van der Waals surface area contributed by atoms with Crippen molar-refractivity contribution in [2.45, 2.75) is 45.4 Å². The van der Waals surface area contributed by atoms with Crippen molar-refractivity contribution in [3.8, 4) is 0 Å². The van der Waals surface area contributed by atoms with E-state index in [0.29, 0.717) is 37.7 Å². The molecule has 1 aliphatic heterocycles. The lowest BCUT2D eigenvalue weighted by molar-refractivity contribution is -0.00411. The zero-order chi connectivity index (χ0) is 18.2. The molecule has 0 unspecified atom stereocenters. The Bertz CT molecular complexity index is 521. The highest BCUT2D eigenvalue weighted by Gasteiger charge is 2.22. The van der Waals surface area contributed by atoms with Crippen molar-refractivity contribution in [3.05, 3.63) is 35.4 Å². The van der Waals surface area contributed by atoms with Crippen LogP contribution in [0.2, 0.25) is 0 Å². The van der Waals surface area contributed by atoms with Gasteiger partial charge in [-0.2, -0.15) is 0 Å². The number of nitrogens with zero attached hydrogens (tertiary/aromatic N) is 1. The molecule has 25 heavy (non-hydrogen) atoms. The fraction of sp³-hybridized carbons (Fsp3) is 0.684. The van der Waals surface area contributed by atoms with Gasteiger partial charge in [-0.3, -0.25) is 4.90 Å². The maximum atomic E-state index is 14.0. The second-order valence-electron chi connectivity index (χ2n) is 7.15. The van der Waals surface area contributed by atoms with Gasteiger partial charge in [0, 0.05) is 44.5 Å². The van der Waals surface area contributed by atoms with E-state index in [4.69, 9.17) is 9.47 Å². The third kappa shape index (κ3) is 7.36. The molecule has 1 N–H and O–H groups in total. The highest BCUT2D eigenvalue weighted by molar-refractivity contribution is 5.18. The number of ether oxygens (including phenoxy) is 2. The molecule has 0 aliphatic carbocycles. The predicted molar refractivity (Wildman–Crippen MR) is 92.3 cm³/mol. The summed E-state index contributed by atoms with van der Waals surface area (Å²) in [5.74, 6) is -0.750. The van der Waals surface area contributed by atoms with Crippen LogP contribution >= 0.6 is 0 Å². The van der Waals surface area contributed by atoms with Crippen molar-refractivity contribution in [1.29, 1.82) is 0 Å². The summed E-state index contributed by atoms with van der Waals surface area (Å²) in [5.41, 5.74) is 0.412. The predicted octanol–water partition coefficient (Wildman–Crippen LogP) is 2.98. The standard InChI is InChI=1S/C19H29F2NO3/c1-14(2)12-24-13-17(23)10-22(11-18-4-3-7-25-18)9-15-5-6-16(20)8-19(15)21/h5-6,8,14,17-18,23H,3-4,7,9-13H2,1-2H3/t17-,18-/m0/s1. The van der Waals surface area contributed by atoms with E-state index in [1.807, 2.05) is 18.7 Å². The van der Waals surface area contributed by atoms with E-state index in [2.05, 4.69) is 0 Å². The van der Waals surface area contributed by atoms with Crippen molar-refractivity contribution in [2.24, 2.45) is 5.92 Å². The van der Waals surface area contributed by atoms with Gasteiger partial charge in [-0.15, -0.1) is 0 Å². The van der Waals surface area contributed by atoms with Gasteiger partial charge in [0.1, 0.15) is 11.6 Å². The second kappa shape index (κ2) is 10.2. The Morgan fingerprint density at radius 2 is 2.12 bits per heavy atom. The number of rotatable bonds is 10. The third-order valence-corrected chi connectivity index (χ3v) is 4.13. The highest BCUT2D eigenvalue weighted by atomic mass is 19.1. The lowest BCUT2D eigenvalue weighted by Gasteiger charge is -2.27. The molecular weight excluding hydrogens is 328 g/mol. The Kier molecular flexibility index (Phi) is 8.22. The number of halogens is 2. The van der Waals surface area contributed by atoms with E-state index < -0.39 is 17.7 Å². The molecule has 0 saturated carbocycles. The van der Waals surface area contributed by atoms with Crippen molar-refractivity contribution >= 4 is 0 Å². The summed E-state index contributed by atoms with van der Waals surface area (Å²) in [4.78, 5) is 1.95. The van der Waals surface area contributed by atoms with Crippen molar-refractivity contribution in [1.82, 2.24) is 4.90 Å². The summed E-state index contributed by atoms with van der Waals surface area (Å²) in [5, 5.41) is 10.2. The smallest absolute Gasteiger partial charge is 0.130 e. The second-order valence-corrected chi connectivity index (χ2v) is 7.15. The molecule has 2 rings (SSSR count). The maximum absolute atomic E-state index is 14.0. The molecule has 0 radical (unpaired) electrons. The van der Waals surface area contributed by atoms with Gasteiger partial charge >= 0.3 is 0 Å². The Labute approximate surface area is 148 Å². The van der Waals surface area contributed by atoms with Crippen LogP contribution in [-0.4, -0.2) is 55.1 Å². The topological polar surface area (TPSA) is 41.9 Å². The quantitative estimate of drug-likeness (QED) is 0.699. The largest absolute Gasteiger partial charge is 0.389 e. The fourth-order valence-electron chi connectivity index (χ4n) is 2.96. The van der Waals surface area contributed by atoms with Crippen LogP contribution in [0, 0.1) is 17.6 Å². The summed E-state index contributed by atoms with van der Waals surface area (Å²) in [6.07, 6.45) is 1.40. The molecule has 1 aromatic rings. The molecule has 1 fully saturated rings. The van der Waals surface area contributed by atoms with Crippen LogP contribution < -0.4 is 0 Å². The molecule has 142 valence electrons. The maximum Gasteiger partial charge on any atom is 0.130 e. The first-order chi connectivity index (χ1) is 11.9. The van der Waals surface area contributed by atoms with Gasteiger partial charge in [0.05, 0.1) is 18.8 Å². The molecule has 0 bridgehead atoms.